The highest BCUT2D eigenvalue weighted by molar-refractivity contribution is 5.03. The topological polar surface area (TPSA) is 73.7 Å². The third-order valence-electron chi connectivity index (χ3n) is 2.98. The molecule has 0 aliphatic carbocycles. The first-order valence-electron chi connectivity index (χ1n) is 5.62. The molecule has 0 aromatic carbocycles. The molecular formula is C11H18N6. The van der Waals surface area contributed by atoms with Gasteiger partial charge in [0.2, 0.25) is 0 Å². The molecule has 2 aromatic heterocycles. The zero-order valence-electron chi connectivity index (χ0n) is 10.2. The highest BCUT2D eigenvalue weighted by atomic mass is 15.3. The molecule has 0 bridgehead atoms. The van der Waals surface area contributed by atoms with Crippen LogP contribution in [0.15, 0.2) is 24.7 Å². The van der Waals surface area contributed by atoms with Crippen molar-refractivity contribution in [3.63, 3.8) is 0 Å². The molecule has 17 heavy (non-hydrogen) atoms. The lowest BCUT2D eigenvalue weighted by Gasteiger charge is -2.15. The maximum absolute atomic E-state index is 5.58. The molecule has 0 fully saturated rings. The highest BCUT2D eigenvalue weighted by Crippen LogP contribution is 2.15. The first-order valence-corrected chi connectivity index (χ1v) is 5.62. The van der Waals surface area contributed by atoms with Gasteiger partial charge < -0.3 is 4.57 Å². The Kier molecular flexibility index (Phi) is 3.55. The lowest BCUT2D eigenvalue weighted by atomic mass is 10.1. The number of hydrazine groups is 1. The normalized spacial score (nSPS) is 12.9. The zero-order chi connectivity index (χ0) is 12.3. The summed E-state index contributed by atoms with van der Waals surface area (Å²) >= 11 is 0. The summed E-state index contributed by atoms with van der Waals surface area (Å²) in [5.74, 6) is 6.54. The molecule has 6 nitrogen and oxygen atoms in total. The lowest BCUT2D eigenvalue weighted by Crippen LogP contribution is -2.30. The van der Waals surface area contributed by atoms with E-state index in [1.165, 1.54) is 5.69 Å². The van der Waals surface area contributed by atoms with Crippen LogP contribution in [0.2, 0.25) is 0 Å². The first-order chi connectivity index (χ1) is 8.22. The van der Waals surface area contributed by atoms with Crippen molar-refractivity contribution in [2.24, 2.45) is 19.9 Å². The Morgan fingerprint density at radius 1 is 1.41 bits per heavy atom. The molecule has 92 valence electrons. The van der Waals surface area contributed by atoms with Gasteiger partial charge in [0.25, 0.3) is 0 Å². The molecule has 1 atom stereocenters. The van der Waals surface area contributed by atoms with Crippen molar-refractivity contribution in [2.45, 2.75) is 18.9 Å². The Bertz CT molecular complexity index is 472. The van der Waals surface area contributed by atoms with Gasteiger partial charge in [-0.15, -0.1) is 0 Å². The maximum Gasteiger partial charge on any atom is 0.126 e. The summed E-state index contributed by atoms with van der Waals surface area (Å²) in [6.45, 7) is 0. The fourth-order valence-electron chi connectivity index (χ4n) is 1.94. The predicted molar refractivity (Wildman–Crippen MR) is 64.8 cm³/mol. The van der Waals surface area contributed by atoms with Crippen molar-refractivity contribution >= 4 is 0 Å². The van der Waals surface area contributed by atoms with Crippen LogP contribution < -0.4 is 11.3 Å². The van der Waals surface area contributed by atoms with E-state index in [-0.39, 0.29) is 6.04 Å². The summed E-state index contributed by atoms with van der Waals surface area (Å²) in [5, 5.41) is 4.14. The molecule has 0 saturated carbocycles. The van der Waals surface area contributed by atoms with Crippen LogP contribution >= 0.6 is 0 Å². The molecule has 2 aromatic rings. The minimum atomic E-state index is 0.0601. The number of imidazole rings is 1. The smallest absolute Gasteiger partial charge is 0.126 e. The van der Waals surface area contributed by atoms with Gasteiger partial charge in [-0.05, 0) is 18.9 Å². The maximum atomic E-state index is 5.58. The summed E-state index contributed by atoms with van der Waals surface area (Å²) in [6, 6.07) is 2.08. The fourth-order valence-corrected chi connectivity index (χ4v) is 1.94. The van der Waals surface area contributed by atoms with Crippen LogP contribution in [0.5, 0.6) is 0 Å². The third kappa shape index (κ3) is 2.54. The minimum Gasteiger partial charge on any atom is -0.337 e. The van der Waals surface area contributed by atoms with Crippen molar-refractivity contribution in [1.82, 2.24) is 24.8 Å². The second-order valence-electron chi connectivity index (χ2n) is 4.10. The summed E-state index contributed by atoms with van der Waals surface area (Å²) in [6.07, 6.45) is 7.31. The molecule has 0 aliphatic heterocycles. The summed E-state index contributed by atoms with van der Waals surface area (Å²) in [7, 11) is 3.91. The van der Waals surface area contributed by atoms with E-state index in [2.05, 4.69) is 15.5 Å². The quantitative estimate of drug-likeness (QED) is 0.576. The Labute approximate surface area is 100 Å². The van der Waals surface area contributed by atoms with E-state index in [0.717, 1.165) is 18.7 Å². The molecule has 2 heterocycles. The average molecular weight is 234 g/mol. The van der Waals surface area contributed by atoms with Crippen LogP contribution in [0, 0.1) is 0 Å². The number of nitrogens with two attached hydrogens (primary N) is 1. The van der Waals surface area contributed by atoms with Gasteiger partial charge in [-0.1, -0.05) is 0 Å². The highest BCUT2D eigenvalue weighted by Gasteiger charge is 2.14. The van der Waals surface area contributed by atoms with Gasteiger partial charge in [-0.25, -0.2) is 10.4 Å². The second-order valence-corrected chi connectivity index (χ2v) is 4.10. The van der Waals surface area contributed by atoms with Gasteiger partial charge in [-0.2, -0.15) is 5.10 Å². The van der Waals surface area contributed by atoms with E-state index in [0.29, 0.717) is 0 Å². The number of aryl methyl sites for hydroxylation is 3. The number of aromatic nitrogens is 4. The van der Waals surface area contributed by atoms with Gasteiger partial charge in [0.15, 0.2) is 0 Å². The van der Waals surface area contributed by atoms with Crippen molar-refractivity contribution in [3.8, 4) is 0 Å². The first kappa shape index (κ1) is 11.8. The summed E-state index contributed by atoms with van der Waals surface area (Å²) in [4.78, 5) is 4.31. The van der Waals surface area contributed by atoms with Crippen molar-refractivity contribution in [3.05, 3.63) is 36.2 Å². The Hall–Kier alpha value is -1.66. The third-order valence-corrected chi connectivity index (χ3v) is 2.98. The second kappa shape index (κ2) is 5.11. The van der Waals surface area contributed by atoms with Crippen LogP contribution in [-0.4, -0.2) is 19.3 Å². The molecule has 0 spiro atoms. The van der Waals surface area contributed by atoms with Crippen LogP contribution in [-0.2, 0) is 20.5 Å². The molecule has 3 N–H and O–H groups in total. The zero-order valence-corrected chi connectivity index (χ0v) is 10.2. The number of nitrogens with one attached hydrogen (secondary N) is 1. The van der Waals surface area contributed by atoms with Crippen molar-refractivity contribution in [2.75, 3.05) is 0 Å². The van der Waals surface area contributed by atoms with Crippen LogP contribution in [0.25, 0.3) is 0 Å². The Balaban J connectivity index is 2.02. The molecular weight excluding hydrogens is 216 g/mol. The standard InChI is InChI=1S/C11H18N6/c1-16-8-7-13-11(16)10(15-12)4-3-9-5-6-14-17(9)2/h5-8,10,15H,3-4,12H2,1-2H3. The predicted octanol–water partition coefficient (Wildman–Crippen LogP) is 0.291. The Morgan fingerprint density at radius 2 is 2.24 bits per heavy atom. The molecule has 1 unspecified atom stereocenters. The monoisotopic (exact) mass is 234 g/mol. The number of hydrogen-bond acceptors (Lipinski definition) is 4. The van der Waals surface area contributed by atoms with Gasteiger partial charge in [-0.3, -0.25) is 10.5 Å². The average Bonchev–Trinajstić information content (AvgIpc) is 2.90. The molecule has 0 amide bonds. The van der Waals surface area contributed by atoms with Crippen LogP contribution in [0.3, 0.4) is 0 Å². The van der Waals surface area contributed by atoms with E-state index < -0.39 is 0 Å². The van der Waals surface area contributed by atoms with E-state index in [4.69, 9.17) is 5.84 Å². The van der Waals surface area contributed by atoms with Crippen LogP contribution in [0.1, 0.15) is 24.0 Å². The molecule has 0 radical (unpaired) electrons. The van der Waals surface area contributed by atoms with Crippen molar-refractivity contribution in [1.29, 1.82) is 0 Å². The van der Waals surface area contributed by atoms with E-state index in [1.54, 1.807) is 12.4 Å². The van der Waals surface area contributed by atoms with Crippen molar-refractivity contribution < 1.29 is 0 Å². The van der Waals surface area contributed by atoms with E-state index in [1.807, 2.05) is 35.6 Å². The molecule has 0 aliphatic rings. The molecule has 6 heteroatoms. The van der Waals surface area contributed by atoms with Crippen LogP contribution in [0.4, 0.5) is 0 Å². The van der Waals surface area contributed by atoms with Gasteiger partial charge in [0.1, 0.15) is 5.82 Å². The number of hydrogen-bond donors (Lipinski definition) is 2. The largest absolute Gasteiger partial charge is 0.337 e. The van der Waals surface area contributed by atoms with Gasteiger partial charge in [0.05, 0.1) is 6.04 Å². The molecule has 2 rings (SSSR count). The number of nitrogens with zero attached hydrogens (tertiary/aromatic N) is 4. The summed E-state index contributed by atoms with van der Waals surface area (Å²) in [5.41, 5.74) is 4.01. The minimum absolute atomic E-state index is 0.0601. The molecule has 0 saturated heterocycles. The fraction of sp³-hybridized carbons (Fsp3) is 0.455. The lowest BCUT2D eigenvalue weighted by molar-refractivity contribution is 0.471. The number of rotatable bonds is 5. The van der Waals surface area contributed by atoms with Gasteiger partial charge >= 0.3 is 0 Å². The Morgan fingerprint density at radius 3 is 2.76 bits per heavy atom. The van der Waals surface area contributed by atoms with Gasteiger partial charge in [0, 0.05) is 38.4 Å². The SMILES string of the molecule is Cn1ccnc1C(CCc1ccnn1C)NN. The van der Waals surface area contributed by atoms with E-state index in [9.17, 15) is 0 Å². The van der Waals surface area contributed by atoms with E-state index >= 15 is 0 Å². The summed E-state index contributed by atoms with van der Waals surface area (Å²) < 4.78 is 3.86.